The summed E-state index contributed by atoms with van der Waals surface area (Å²) in [7, 11) is 0. The maximum absolute atomic E-state index is 15.7. The van der Waals surface area contributed by atoms with E-state index in [1.54, 1.807) is 0 Å². The number of carbonyl (C=O) groups excluding carboxylic acids is 2. The molecule has 206 valence electrons. The third-order valence-electron chi connectivity index (χ3n) is 4.91. The molecule has 2 rings (SSSR count). The summed E-state index contributed by atoms with van der Waals surface area (Å²) in [5.74, 6) is -5.16. The van der Waals surface area contributed by atoms with E-state index in [0.29, 0.717) is 19.1 Å². The quantitative estimate of drug-likeness (QED) is 0.270. The zero-order chi connectivity index (χ0) is 28.7. The van der Waals surface area contributed by atoms with Crippen LogP contribution in [0.2, 0.25) is 0 Å². The monoisotopic (exact) mass is 535 g/mol. The molecular formula is C23H29F4N3O7. The van der Waals surface area contributed by atoms with Gasteiger partial charge < -0.3 is 14.2 Å². The van der Waals surface area contributed by atoms with Crippen molar-refractivity contribution >= 4 is 23.9 Å². The summed E-state index contributed by atoms with van der Waals surface area (Å²) < 4.78 is 75.0. The molecule has 0 radical (unpaired) electrons. The molecular weight excluding hydrogens is 506 g/mol. The van der Waals surface area contributed by atoms with Gasteiger partial charge in [-0.25, -0.2) is 32.1 Å². The predicted octanol–water partition coefficient (Wildman–Crippen LogP) is 5.87. The van der Waals surface area contributed by atoms with Gasteiger partial charge >= 0.3 is 18.2 Å². The van der Waals surface area contributed by atoms with Crippen LogP contribution >= 0.6 is 0 Å². The molecule has 0 unspecified atom stereocenters. The van der Waals surface area contributed by atoms with Crippen molar-refractivity contribution in [3.63, 3.8) is 0 Å². The number of hydrogen-bond acceptors (Lipinski definition) is 8. The second kappa shape index (κ2) is 9.78. The van der Waals surface area contributed by atoms with Crippen LogP contribution in [0.3, 0.4) is 0 Å². The molecule has 1 aromatic carbocycles. The summed E-state index contributed by atoms with van der Waals surface area (Å²) in [4.78, 5) is 40.2. The summed E-state index contributed by atoms with van der Waals surface area (Å²) in [6.07, 6.45) is -8.40. The average Bonchev–Trinajstić information content (AvgIpc) is 2.67. The molecule has 0 N–H and O–H groups in total. The van der Waals surface area contributed by atoms with Crippen molar-refractivity contribution < 1.29 is 46.3 Å². The second-order valence-corrected chi connectivity index (χ2v) is 10.7. The minimum atomic E-state index is -3.95. The maximum Gasteiger partial charge on any atom is 0.428 e. The first kappa shape index (κ1) is 29.8. The molecule has 2 amide bonds. The van der Waals surface area contributed by atoms with Crippen LogP contribution in [0.25, 0.3) is 0 Å². The van der Waals surface area contributed by atoms with E-state index in [1.165, 1.54) is 41.5 Å². The number of amides is 2. The summed E-state index contributed by atoms with van der Waals surface area (Å²) in [6.45, 7) is 9.88. The van der Waals surface area contributed by atoms with Crippen molar-refractivity contribution in [2.45, 2.75) is 90.3 Å². The maximum atomic E-state index is 15.7. The molecule has 1 aliphatic rings. The highest BCUT2D eigenvalue weighted by Gasteiger charge is 2.58. The predicted molar refractivity (Wildman–Crippen MR) is 123 cm³/mol. The van der Waals surface area contributed by atoms with E-state index in [0.717, 1.165) is 13.0 Å². The third-order valence-corrected chi connectivity index (χ3v) is 4.91. The van der Waals surface area contributed by atoms with E-state index >= 15 is 4.39 Å². The molecule has 1 heterocycles. The number of nitrogens with zero attached hydrogens (tertiary/aromatic N) is 3. The lowest BCUT2D eigenvalue weighted by Crippen LogP contribution is -2.59. The molecule has 14 heteroatoms. The fourth-order valence-electron chi connectivity index (χ4n) is 3.29. The largest absolute Gasteiger partial charge is 0.451 e. The fourth-order valence-corrected chi connectivity index (χ4v) is 3.29. The molecule has 3 atom stereocenters. The number of hydrogen-bond donors (Lipinski definition) is 0. The number of amidine groups is 1. The number of nitro groups is 1. The molecule has 0 spiro atoms. The molecule has 0 aliphatic carbocycles. The Hall–Kier alpha value is -3.45. The van der Waals surface area contributed by atoms with Gasteiger partial charge in [-0.1, -0.05) is 0 Å². The summed E-state index contributed by atoms with van der Waals surface area (Å²) in [6, 6.07) is 0.899. The number of ether oxygens (including phenoxy) is 3. The average molecular weight is 535 g/mol. The second-order valence-electron chi connectivity index (χ2n) is 10.7. The topological polar surface area (TPSA) is 121 Å². The number of benzene rings is 1. The normalized spacial score (nSPS) is 22.4. The number of carbonyl (C=O) groups is 2. The van der Waals surface area contributed by atoms with E-state index in [1.807, 2.05) is 0 Å². The Bertz CT molecular complexity index is 1080. The number of imide groups is 1. The lowest BCUT2D eigenvalue weighted by atomic mass is 9.82. The van der Waals surface area contributed by atoms with Crippen LogP contribution in [-0.4, -0.2) is 57.4 Å². The van der Waals surface area contributed by atoms with Crippen LogP contribution in [0.1, 0.15) is 61.0 Å². The molecule has 37 heavy (non-hydrogen) atoms. The lowest BCUT2D eigenvalue weighted by molar-refractivity contribution is -0.385. The van der Waals surface area contributed by atoms with Gasteiger partial charge in [-0.15, -0.1) is 4.90 Å². The highest BCUT2D eigenvalue weighted by molar-refractivity contribution is 6.06. The van der Waals surface area contributed by atoms with Gasteiger partial charge in [0, 0.05) is 24.6 Å². The lowest BCUT2D eigenvalue weighted by Gasteiger charge is -2.42. The van der Waals surface area contributed by atoms with Gasteiger partial charge in [-0.05, 0) is 54.5 Å². The van der Waals surface area contributed by atoms with Crippen LogP contribution in [-0.2, 0) is 19.7 Å². The number of rotatable bonds is 3. The minimum absolute atomic E-state index is 0.0502. The smallest absolute Gasteiger partial charge is 0.428 e. The number of nitro benzene ring substituents is 1. The van der Waals surface area contributed by atoms with Crippen molar-refractivity contribution in [3.05, 3.63) is 39.7 Å². The van der Waals surface area contributed by atoms with Crippen molar-refractivity contribution in [2.75, 3.05) is 0 Å². The Morgan fingerprint density at radius 3 is 1.97 bits per heavy atom. The third kappa shape index (κ3) is 6.86. The Kier molecular flexibility index (Phi) is 7.87. The van der Waals surface area contributed by atoms with Crippen molar-refractivity contribution in [3.8, 4) is 0 Å². The van der Waals surface area contributed by atoms with E-state index in [9.17, 15) is 32.9 Å². The van der Waals surface area contributed by atoms with Gasteiger partial charge in [0.05, 0.1) is 4.92 Å². The number of halogens is 4. The van der Waals surface area contributed by atoms with Crippen molar-refractivity contribution in [1.29, 1.82) is 0 Å². The SMILES string of the molecule is CC(C)(C)OC(=O)N(C(=O)OC(C)(C)C)C1=N[C@](C)(c2cc([N+](=O)[O-])ccc2F)[C@@H](F)[C@@H](C(C)(F)F)O1. The number of alkyl halides is 3. The van der Waals surface area contributed by atoms with Gasteiger partial charge in [0.15, 0.2) is 12.3 Å². The zero-order valence-electron chi connectivity index (χ0n) is 21.6. The molecule has 10 nitrogen and oxygen atoms in total. The molecule has 0 saturated carbocycles. The number of aliphatic imine (C=N–C) groups is 1. The van der Waals surface area contributed by atoms with Crippen LogP contribution in [0.15, 0.2) is 23.2 Å². The molecule has 0 saturated heterocycles. The Morgan fingerprint density at radius 1 is 1.08 bits per heavy atom. The summed E-state index contributed by atoms with van der Waals surface area (Å²) >= 11 is 0. The zero-order valence-corrected chi connectivity index (χ0v) is 21.6. The van der Waals surface area contributed by atoms with Gasteiger partial charge in [0.1, 0.15) is 22.6 Å². The first-order valence-corrected chi connectivity index (χ1v) is 11.1. The highest BCUT2D eigenvalue weighted by atomic mass is 19.3. The first-order chi connectivity index (χ1) is 16.6. The standard InChI is InChI=1S/C23H29F4N3O7/c1-20(2,3)36-18(31)29(19(32)37-21(4,5)6)17-28-22(7,15(25)16(35-17)23(8,26)27)13-11-12(30(33)34)9-10-14(13)24/h9-11,15-16H,1-8H3/t15-,16-,22+/m0/s1. The van der Waals surface area contributed by atoms with E-state index < -0.39 is 75.1 Å². The Balaban J connectivity index is 2.83. The molecule has 0 fully saturated rings. The van der Waals surface area contributed by atoms with Crippen LogP contribution in [0.4, 0.5) is 32.8 Å². The van der Waals surface area contributed by atoms with Gasteiger partial charge in [0.2, 0.25) is 0 Å². The van der Waals surface area contributed by atoms with Crippen LogP contribution in [0.5, 0.6) is 0 Å². The van der Waals surface area contributed by atoms with Crippen LogP contribution < -0.4 is 0 Å². The summed E-state index contributed by atoms with van der Waals surface area (Å²) in [5.41, 5.74) is -6.46. The first-order valence-electron chi connectivity index (χ1n) is 11.1. The molecule has 1 aromatic rings. The van der Waals surface area contributed by atoms with Gasteiger partial charge in [-0.2, -0.15) is 0 Å². The Morgan fingerprint density at radius 2 is 1.57 bits per heavy atom. The number of non-ortho nitro benzene ring substituents is 1. The van der Waals surface area contributed by atoms with E-state index in [4.69, 9.17) is 14.2 Å². The summed E-state index contributed by atoms with van der Waals surface area (Å²) in [5, 5.41) is 11.3. The van der Waals surface area contributed by atoms with E-state index in [-0.39, 0.29) is 4.90 Å². The van der Waals surface area contributed by atoms with Crippen molar-refractivity contribution in [2.24, 2.45) is 4.99 Å². The fraction of sp³-hybridized carbons (Fsp3) is 0.609. The van der Waals surface area contributed by atoms with Crippen LogP contribution in [0, 0.1) is 15.9 Å². The molecule has 1 aliphatic heterocycles. The van der Waals surface area contributed by atoms with E-state index in [2.05, 4.69) is 4.99 Å². The van der Waals surface area contributed by atoms with Crippen molar-refractivity contribution in [1.82, 2.24) is 4.90 Å². The minimum Gasteiger partial charge on any atom is -0.451 e. The molecule has 0 aromatic heterocycles. The van der Waals surface area contributed by atoms with Gasteiger partial charge in [-0.3, -0.25) is 10.1 Å². The molecule has 0 bridgehead atoms. The Labute approximate surface area is 210 Å². The van der Waals surface area contributed by atoms with Gasteiger partial charge in [0.25, 0.3) is 11.6 Å². The highest BCUT2D eigenvalue weighted by Crippen LogP contribution is 2.44.